The van der Waals surface area contributed by atoms with Crippen molar-refractivity contribution in [2.75, 3.05) is 18.0 Å². The number of hydrogen-bond donors (Lipinski definition) is 3. The van der Waals surface area contributed by atoms with Gasteiger partial charge in [-0.3, -0.25) is 9.59 Å². The van der Waals surface area contributed by atoms with Gasteiger partial charge < -0.3 is 10.6 Å². The van der Waals surface area contributed by atoms with Gasteiger partial charge in [-0.2, -0.15) is 26.3 Å². The molecule has 34 heavy (non-hydrogen) atoms. The third-order valence-corrected chi connectivity index (χ3v) is 6.60. The van der Waals surface area contributed by atoms with Gasteiger partial charge in [-0.25, -0.2) is 4.72 Å². The van der Waals surface area contributed by atoms with Crippen molar-refractivity contribution in [1.82, 2.24) is 9.44 Å². The third-order valence-electron chi connectivity index (χ3n) is 5.06. The number of amides is 2. The Bertz CT molecular complexity index is 1200. The number of benzene rings is 2. The lowest BCUT2D eigenvalue weighted by Gasteiger charge is -2.34. The van der Waals surface area contributed by atoms with Gasteiger partial charge in [0.25, 0.3) is 5.91 Å². The van der Waals surface area contributed by atoms with Gasteiger partial charge in [-0.15, -0.1) is 0 Å². The summed E-state index contributed by atoms with van der Waals surface area (Å²) in [5, 5.41) is 0.314. The number of primary amides is 1. The summed E-state index contributed by atoms with van der Waals surface area (Å²) < 4.78 is 68.6. The van der Waals surface area contributed by atoms with Crippen LogP contribution in [-0.4, -0.2) is 39.4 Å². The van der Waals surface area contributed by atoms with E-state index in [9.17, 15) is 31.2 Å². The first-order valence-electron chi connectivity index (χ1n) is 9.81. The molecule has 2 amide bonds. The van der Waals surface area contributed by atoms with E-state index in [0.717, 1.165) is 6.07 Å². The highest BCUT2D eigenvalue weighted by molar-refractivity contribution is 7.88. The average Bonchev–Trinajstić information content (AvgIpc) is 2.72. The molecule has 3 rings (SSSR count). The predicted octanol–water partition coefficient (Wildman–Crippen LogP) is 3.34. The van der Waals surface area contributed by atoms with Crippen LogP contribution in [0.3, 0.4) is 0 Å². The van der Waals surface area contributed by atoms with E-state index in [1.165, 1.54) is 24.3 Å². The molecule has 0 spiro atoms. The van der Waals surface area contributed by atoms with Crippen molar-refractivity contribution in [3.8, 4) is 0 Å². The third kappa shape index (κ3) is 6.75. The summed E-state index contributed by atoms with van der Waals surface area (Å²) in [4.78, 5) is 25.3. The van der Waals surface area contributed by atoms with E-state index in [0.29, 0.717) is 6.07 Å². The van der Waals surface area contributed by atoms with Gasteiger partial charge in [-0.1, -0.05) is 23.2 Å². The lowest BCUT2D eigenvalue weighted by Crippen LogP contribution is -2.49. The molecule has 1 aliphatic rings. The predicted molar refractivity (Wildman–Crippen MR) is 121 cm³/mol. The maximum absolute atomic E-state index is 13.2. The lowest BCUT2D eigenvalue weighted by molar-refractivity contribution is -0.137. The number of nitrogens with two attached hydrogens (primary N) is 1. The quantitative estimate of drug-likeness (QED) is 0.520. The smallest absolute Gasteiger partial charge is 0.371 e. The molecular formula is C20H19Cl2F3N4O4S. The van der Waals surface area contributed by atoms with Crippen LogP contribution in [0.1, 0.15) is 39.1 Å². The summed E-state index contributed by atoms with van der Waals surface area (Å²) in [6.07, 6.45) is -4.19. The maximum atomic E-state index is 13.2. The van der Waals surface area contributed by atoms with E-state index >= 15 is 0 Å². The second-order valence-corrected chi connectivity index (χ2v) is 9.92. The number of hydrogen-bond acceptors (Lipinski definition) is 5. The van der Waals surface area contributed by atoms with E-state index in [4.69, 9.17) is 28.9 Å². The normalized spacial score (nSPS) is 15.3. The highest BCUT2D eigenvalue weighted by Gasteiger charge is 2.33. The van der Waals surface area contributed by atoms with Crippen LogP contribution < -0.4 is 20.1 Å². The monoisotopic (exact) mass is 538 g/mol. The van der Waals surface area contributed by atoms with E-state index in [1.807, 2.05) is 4.72 Å². The van der Waals surface area contributed by atoms with Crippen LogP contribution in [0.5, 0.6) is 0 Å². The minimum Gasteiger partial charge on any atom is -0.371 e. The fourth-order valence-corrected chi connectivity index (χ4v) is 5.09. The molecule has 1 saturated heterocycles. The Morgan fingerprint density at radius 1 is 0.971 bits per heavy atom. The molecule has 2 aromatic carbocycles. The first-order chi connectivity index (χ1) is 15.7. The van der Waals surface area contributed by atoms with Crippen LogP contribution in [-0.2, 0) is 16.4 Å². The van der Waals surface area contributed by atoms with E-state index in [1.54, 1.807) is 4.90 Å². The number of rotatable bonds is 6. The molecule has 0 atom stereocenters. The van der Waals surface area contributed by atoms with Crippen molar-refractivity contribution < 1.29 is 31.2 Å². The SMILES string of the molecule is NC(=O)c1cc(N2CCC(NS(=O)(=O)NC(=O)c3cc(Cl)cc(Cl)c3)CC2)cc(C(F)(F)F)c1. The Hall–Kier alpha value is -2.54. The molecule has 0 saturated carbocycles. The topological polar surface area (TPSA) is 122 Å². The molecule has 0 aromatic heterocycles. The number of nitrogens with zero attached hydrogens (tertiary/aromatic N) is 1. The molecule has 4 N–H and O–H groups in total. The summed E-state index contributed by atoms with van der Waals surface area (Å²) in [6, 6.07) is 6.18. The standard InChI is InChI=1S/C20H19Cl2F3N4O4S/c21-14-6-12(7-15(22)10-14)19(31)28-34(32,33)27-16-1-3-29(4-2-16)17-8-11(18(26)30)5-13(9-17)20(23,24)25/h5-10,16,27H,1-4H2,(H2,26,30)(H,28,31). The van der Waals surface area contributed by atoms with Crippen LogP contribution in [0.25, 0.3) is 0 Å². The van der Waals surface area contributed by atoms with E-state index in [2.05, 4.69) is 4.72 Å². The van der Waals surface area contributed by atoms with Crippen LogP contribution in [0.2, 0.25) is 10.0 Å². The van der Waals surface area contributed by atoms with Crippen molar-refractivity contribution >= 4 is 50.9 Å². The number of piperidine rings is 1. The van der Waals surface area contributed by atoms with Crippen molar-refractivity contribution in [3.63, 3.8) is 0 Å². The van der Waals surface area contributed by atoms with Crippen molar-refractivity contribution in [3.05, 3.63) is 63.1 Å². The van der Waals surface area contributed by atoms with Crippen molar-refractivity contribution in [1.29, 1.82) is 0 Å². The van der Waals surface area contributed by atoms with Gasteiger partial charge >= 0.3 is 16.4 Å². The molecule has 0 radical (unpaired) electrons. The van der Waals surface area contributed by atoms with Gasteiger partial charge in [-0.05, 0) is 49.2 Å². The first-order valence-corrected chi connectivity index (χ1v) is 12.0. The molecule has 1 aliphatic heterocycles. The highest BCUT2D eigenvalue weighted by atomic mass is 35.5. The largest absolute Gasteiger partial charge is 0.416 e. The molecular weight excluding hydrogens is 520 g/mol. The molecule has 2 aromatic rings. The van der Waals surface area contributed by atoms with Gasteiger partial charge in [0.1, 0.15) is 0 Å². The van der Waals surface area contributed by atoms with E-state index < -0.39 is 39.8 Å². The van der Waals surface area contributed by atoms with E-state index in [-0.39, 0.29) is 52.8 Å². The molecule has 184 valence electrons. The highest BCUT2D eigenvalue weighted by Crippen LogP contribution is 2.33. The lowest BCUT2D eigenvalue weighted by atomic mass is 10.0. The van der Waals surface area contributed by atoms with Crippen LogP contribution in [0, 0.1) is 0 Å². The fourth-order valence-electron chi connectivity index (χ4n) is 3.47. The number of nitrogens with one attached hydrogen (secondary N) is 2. The summed E-state index contributed by atoms with van der Waals surface area (Å²) in [5.74, 6) is -1.93. The molecule has 1 heterocycles. The second-order valence-electron chi connectivity index (χ2n) is 7.60. The number of halogens is 5. The molecule has 1 fully saturated rings. The minimum absolute atomic E-state index is 0.0486. The zero-order valence-corrected chi connectivity index (χ0v) is 19.7. The zero-order chi connectivity index (χ0) is 25.3. The van der Waals surface area contributed by atoms with Gasteiger partial charge in [0, 0.05) is 46.0 Å². The Labute approximate surface area is 203 Å². The first kappa shape index (κ1) is 26.1. The number of carbonyl (C=O) groups excluding carboxylic acids is 2. The summed E-state index contributed by atoms with van der Waals surface area (Å²) in [6.45, 7) is 0.398. The summed E-state index contributed by atoms with van der Waals surface area (Å²) in [7, 11) is -4.24. The number of carbonyl (C=O) groups is 2. The number of anilines is 1. The average molecular weight is 539 g/mol. The van der Waals surface area contributed by atoms with Crippen LogP contribution in [0.4, 0.5) is 18.9 Å². The van der Waals surface area contributed by atoms with Crippen molar-refractivity contribution in [2.45, 2.75) is 25.1 Å². The molecule has 0 bridgehead atoms. The minimum atomic E-state index is -4.67. The zero-order valence-electron chi connectivity index (χ0n) is 17.3. The molecule has 0 unspecified atom stereocenters. The van der Waals surface area contributed by atoms with Crippen LogP contribution in [0.15, 0.2) is 36.4 Å². The second kappa shape index (κ2) is 9.98. The summed E-state index contributed by atoms with van der Waals surface area (Å²) >= 11 is 11.6. The van der Waals surface area contributed by atoms with Gasteiger partial charge in [0.2, 0.25) is 5.91 Å². The maximum Gasteiger partial charge on any atom is 0.416 e. The van der Waals surface area contributed by atoms with Gasteiger partial charge in [0.15, 0.2) is 0 Å². The fraction of sp³-hybridized carbons (Fsp3) is 0.300. The Kier molecular flexibility index (Phi) is 7.65. The number of alkyl halides is 3. The molecule has 0 aliphatic carbocycles. The molecule has 14 heteroatoms. The Morgan fingerprint density at radius 3 is 2.09 bits per heavy atom. The Balaban J connectivity index is 1.65. The Morgan fingerprint density at radius 2 is 1.56 bits per heavy atom. The van der Waals surface area contributed by atoms with Crippen molar-refractivity contribution in [2.24, 2.45) is 5.73 Å². The molecule has 8 nitrogen and oxygen atoms in total. The van der Waals surface area contributed by atoms with Gasteiger partial charge in [0.05, 0.1) is 5.56 Å². The summed E-state index contributed by atoms with van der Waals surface area (Å²) in [5.41, 5.74) is 3.97. The van der Waals surface area contributed by atoms with Crippen LogP contribution >= 0.6 is 23.2 Å².